The Morgan fingerprint density at radius 1 is 1.04 bits per heavy atom. The fraction of sp³-hybridized carbons (Fsp3) is 0.263. The number of fused-ring (bicyclic) bond motifs is 2. The van der Waals surface area contributed by atoms with Gasteiger partial charge in [-0.3, -0.25) is 4.79 Å². The van der Waals surface area contributed by atoms with E-state index in [1.165, 1.54) is 6.07 Å². The molecule has 0 aliphatic heterocycles. The second-order valence-electron chi connectivity index (χ2n) is 5.99. The Bertz CT molecular complexity index is 790. The Hall–Kier alpha value is -2.62. The fourth-order valence-corrected chi connectivity index (χ4v) is 2.90. The molecule has 1 aliphatic carbocycles. The summed E-state index contributed by atoms with van der Waals surface area (Å²) in [4.78, 5) is 24.0. The Morgan fingerprint density at radius 2 is 1.78 bits per heavy atom. The predicted molar refractivity (Wildman–Crippen MR) is 86.4 cm³/mol. The lowest BCUT2D eigenvalue weighted by molar-refractivity contribution is 0.0696. The number of rotatable bonds is 3. The highest BCUT2D eigenvalue weighted by Gasteiger charge is 2.22. The van der Waals surface area contributed by atoms with Crippen LogP contribution in [-0.4, -0.2) is 23.0 Å². The van der Waals surface area contributed by atoms with Crippen molar-refractivity contribution < 1.29 is 19.4 Å². The lowest BCUT2D eigenvalue weighted by atomic mass is 9.97. The molecular formula is C19H18O4. The van der Waals surface area contributed by atoms with E-state index in [1.54, 1.807) is 18.2 Å². The molecule has 1 aliphatic rings. The number of hydrogen-bond donors (Lipinski definition) is 1. The van der Waals surface area contributed by atoms with E-state index in [0.717, 1.165) is 11.1 Å². The van der Waals surface area contributed by atoms with Crippen LogP contribution in [0.3, 0.4) is 0 Å². The average molecular weight is 310 g/mol. The molecule has 0 saturated heterocycles. The van der Waals surface area contributed by atoms with E-state index < -0.39 is 5.97 Å². The molecular weight excluding hydrogens is 292 g/mol. The summed E-state index contributed by atoms with van der Waals surface area (Å²) in [6, 6.07) is 10.3. The van der Waals surface area contributed by atoms with E-state index in [1.807, 2.05) is 26.0 Å². The zero-order valence-corrected chi connectivity index (χ0v) is 13.1. The summed E-state index contributed by atoms with van der Waals surface area (Å²) in [5.41, 5.74) is 3.20. The van der Waals surface area contributed by atoms with E-state index in [-0.39, 0.29) is 17.5 Å². The van der Waals surface area contributed by atoms with Crippen LogP contribution in [-0.2, 0) is 12.8 Å². The summed E-state index contributed by atoms with van der Waals surface area (Å²) >= 11 is 0. The molecule has 0 unspecified atom stereocenters. The van der Waals surface area contributed by atoms with Crippen molar-refractivity contribution in [3.63, 3.8) is 0 Å². The van der Waals surface area contributed by atoms with Crippen molar-refractivity contribution >= 4 is 11.8 Å². The molecule has 0 heterocycles. The number of hydrogen-bond acceptors (Lipinski definition) is 3. The third kappa shape index (κ3) is 2.97. The first kappa shape index (κ1) is 15.3. The number of carbonyl (C=O) groups excluding carboxylic acids is 1. The van der Waals surface area contributed by atoms with Crippen LogP contribution in [0.25, 0.3) is 0 Å². The van der Waals surface area contributed by atoms with Crippen molar-refractivity contribution in [1.82, 2.24) is 0 Å². The van der Waals surface area contributed by atoms with Crippen molar-refractivity contribution in [3.8, 4) is 5.75 Å². The van der Waals surface area contributed by atoms with Gasteiger partial charge in [0.2, 0.25) is 0 Å². The van der Waals surface area contributed by atoms with Crippen molar-refractivity contribution in [3.05, 3.63) is 64.2 Å². The molecule has 1 N–H and O–H groups in total. The van der Waals surface area contributed by atoms with Gasteiger partial charge in [0.1, 0.15) is 5.75 Å². The smallest absolute Gasteiger partial charge is 0.335 e. The Balaban J connectivity index is 2.04. The molecule has 0 saturated carbocycles. The molecule has 118 valence electrons. The van der Waals surface area contributed by atoms with Crippen molar-refractivity contribution in [2.45, 2.75) is 32.8 Å². The number of carbonyl (C=O) groups is 2. The maximum Gasteiger partial charge on any atom is 0.335 e. The summed E-state index contributed by atoms with van der Waals surface area (Å²) in [7, 11) is 0. The van der Waals surface area contributed by atoms with Gasteiger partial charge in [-0.25, -0.2) is 4.79 Å². The van der Waals surface area contributed by atoms with Gasteiger partial charge in [0.05, 0.1) is 11.7 Å². The van der Waals surface area contributed by atoms with Gasteiger partial charge in [0.15, 0.2) is 5.78 Å². The predicted octanol–water partition coefficient (Wildman–Crippen LogP) is 3.50. The third-order valence-electron chi connectivity index (χ3n) is 3.96. The molecule has 0 bridgehead atoms. The molecule has 0 amide bonds. The number of ketones is 1. The van der Waals surface area contributed by atoms with Gasteiger partial charge in [0, 0.05) is 11.1 Å². The van der Waals surface area contributed by atoms with Crippen LogP contribution >= 0.6 is 0 Å². The first-order valence-electron chi connectivity index (χ1n) is 7.66. The van der Waals surface area contributed by atoms with Gasteiger partial charge in [-0.1, -0.05) is 6.07 Å². The van der Waals surface area contributed by atoms with Crippen molar-refractivity contribution in [2.24, 2.45) is 0 Å². The second kappa shape index (κ2) is 5.88. The molecule has 3 rings (SSSR count). The van der Waals surface area contributed by atoms with Crippen LogP contribution in [0.5, 0.6) is 5.75 Å². The Morgan fingerprint density at radius 3 is 2.48 bits per heavy atom. The highest BCUT2D eigenvalue weighted by molar-refractivity contribution is 6.12. The molecule has 0 aromatic heterocycles. The van der Waals surface area contributed by atoms with Crippen LogP contribution < -0.4 is 4.74 Å². The maximum absolute atomic E-state index is 12.8. The standard InChI is InChI=1S/C19H18O4/c1-11(2)23-15-7-5-12-3-4-13-9-14(19(21)22)6-8-16(13)18(20)17(12)10-15/h5-11H,3-4H2,1-2H3,(H,21,22). The number of carboxylic acids is 1. The molecule has 4 heteroatoms. The number of aromatic carboxylic acids is 1. The minimum atomic E-state index is -0.977. The normalized spacial score (nSPS) is 13.3. The van der Waals surface area contributed by atoms with E-state index in [2.05, 4.69) is 0 Å². The lowest BCUT2D eigenvalue weighted by Gasteiger charge is -2.12. The molecule has 4 nitrogen and oxygen atoms in total. The minimum absolute atomic E-state index is 0.0411. The highest BCUT2D eigenvalue weighted by Crippen LogP contribution is 2.28. The molecule has 23 heavy (non-hydrogen) atoms. The first-order chi connectivity index (χ1) is 11.0. The highest BCUT2D eigenvalue weighted by atomic mass is 16.5. The van der Waals surface area contributed by atoms with Crippen LogP contribution in [0.1, 0.15) is 51.3 Å². The third-order valence-corrected chi connectivity index (χ3v) is 3.96. The van der Waals surface area contributed by atoms with Crippen LogP contribution in [0.2, 0.25) is 0 Å². The molecule has 0 spiro atoms. The SMILES string of the molecule is CC(C)Oc1ccc2c(c1)C(=O)c1ccc(C(=O)O)cc1CC2. The number of benzene rings is 2. The quantitative estimate of drug-likeness (QED) is 0.942. The van der Waals surface area contributed by atoms with E-state index in [0.29, 0.717) is 29.7 Å². The first-order valence-corrected chi connectivity index (χ1v) is 7.66. The number of ether oxygens (including phenoxy) is 1. The Labute approximate surface area is 134 Å². The second-order valence-corrected chi connectivity index (χ2v) is 5.99. The summed E-state index contributed by atoms with van der Waals surface area (Å²) < 4.78 is 5.68. The average Bonchev–Trinajstić information content (AvgIpc) is 2.64. The largest absolute Gasteiger partial charge is 0.491 e. The molecule has 2 aromatic carbocycles. The van der Waals surface area contributed by atoms with Gasteiger partial charge >= 0.3 is 5.97 Å². The number of carboxylic acid groups (broad SMARTS) is 1. The summed E-state index contributed by atoms with van der Waals surface area (Å²) in [5, 5.41) is 9.11. The van der Waals surface area contributed by atoms with E-state index in [9.17, 15) is 9.59 Å². The van der Waals surface area contributed by atoms with E-state index in [4.69, 9.17) is 9.84 Å². The summed E-state index contributed by atoms with van der Waals surface area (Å²) in [5.74, 6) is -0.369. The topological polar surface area (TPSA) is 63.6 Å². The van der Waals surface area contributed by atoms with Gasteiger partial charge in [-0.15, -0.1) is 0 Å². The van der Waals surface area contributed by atoms with Crippen LogP contribution in [0.15, 0.2) is 36.4 Å². The van der Waals surface area contributed by atoms with Crippen LogP contribution in [0, 0.1) is 0 Å². The van der Waals surface area contributed by atoms with Gasteiger partial charge in [0.25, 0.3) is 0 Å². The lowest BCUT2D eigenvalue weighted by Crippen LogP contribution is -2.09. The summed E-state index contributed by atoms with van der Waals surface area (Å²) in [6.45, 7) is 3.88. The minimum Gasteiger partial charge on any atom is -0.491 e. The van der Waals surface area contributed by atoms with Crippen molar-refractivity contribution in [1.29, 1.82) is 0 Å². The summed E-state index contributed by atoms with van der Waals surface area (Å²) in [6.07, 6.45) is 1.40. The zero-order chi connectivity index (χ0) is 16.6. The van der Waals surface area contributed by atoms with Gasteiger partial charge < -0.3 is 9.84 Å². The number of aryl methyl sites for hydroxylation is 2. The van der Waals surface area contributed by atoms with Crippen molar-refractivity contribution in [2.75, 3.05) is 0 Å². The van der Waals surface area contributed by atoms with Gasteiger partial charge in [-0.05, 0) is 68.1 Å². The molecule has 0 fully saturated rings. The molecule has 0 radical (unpaired) electrons. The van der Waals surface area contributed by atoms with E-state index >= 15 is 0 Å². The zero-order valence-electron chi connectivity index (χ0n) is 13.1. The van der Waals surface area contributed by atoms with Crippen LogP contribution in [0.4, 0.5) is 0 Å². The monoisotopic (exact) mass is 310 g/mol. The molecule has 0 atom stereocenters. The maximum atomic E-state index is 12.8. The molecule has 2 aromatic rings. The van der Waals surface area contributed by atoms with Gasteiger partial charge in [-0.2, -0.15) is 0 Å². The Kier molecular flexibility index (Phi) is 3.90. The fourth-order valence-electron chi connectivity index (χ4n) is 2.90.